The molecule has 4 aromatic rings. The number of fused-ring (bicyclic) bond motifs is 1. The molecule has 0 N–H and O–H groups in total. The van der Waals surface area contributed by atoms with E-state index in [0.29, 0.717) is 19.4 Å². The highest BCUT2D eigenvalue weighted by atomic mass is 16.3. The normalized spacial score (nSPS) is 11.2. The average molecular weight is 402 g/mol. The Bertz CT molecular complexity index is 1170. The van der Waals surface area contributed by atoms with Gasteiger partial charge >= 0.3 is 0 Å². The van der Waals surface area contributed by atoms with Crippen molar-refractivity contribution in [1.82, 2.24) is 14.6 Å². The van der Waals surface area contributed by atoms with E-state index in [1.165, 1.54) is 0 Å². The number of anilines is 1. The van der Waals surface area contributed by atoms with Crippen LogP contribution in [0, 0.1) is 27.7 Å². The molecule has 0 atom stereocenters. The van der Waals surface area contributed by atoms with Crippen molar-refractivity contribution in [2.24, 2.45) is 0 Å². The summed E-state index contributed by atoms with van der Waals surface area (Å²) in [6, 6.07) is 13.7. The largest absolute Gasteiger partial charge is 0.467 e. The lowest BCUT2D eigenvalue weighted by Gasteiger charge is -2.22. The SMILES string of the molecule is Cc1ccc(N(Cc2ccco2)C(=O)CCc2c(C)nc3cc(C)nn3c2C)cc1. The van der Waals surface area contributed by atoms with Gasteiger partial charge in [0, 0.05) is 29.6 Å². The Morgan fingerprint density at radius 3 is 2.57 bits per heavy atom. The third kappa shape index (κ3) is 3.99. The minimum Gasteiger partial charge on any atom is -0.467 e. The number of furan rings is 1. The van der Waals surface area contributed by atoms with Gasteiger partial charge < -0.3 is 9.32 Å². The number of aromatic nitrogens is 3. The highest BCUT2D eigenvalue weighted by Crippen LogP contribution is 2.22. The maximum Gasteiger partial charge on any atom is 0.227 e. The molecule has 1 amide bonds. The number of hydrogen-bond acceptors (Lipinski definition) is 4. The van der Waals surface area contributed by atoms with Gasteiger partial charge in [-0.05, 0) is 63.9 Å². The molecule has 154 valence electrons. The van der Waals surface area contributed by atoms with Crippen molar-refractivity contribution in [3.05, 3.63) is 82.7 Å². The zero-order chi connectivity index (χ0) is 21.3. The Morgan fingerprint density at radius 1 is 1.10 bits per heavy atom. The fourth-order valence-electron chi connectivity index (χ4n) is 3.78. The first-order valence-corrected chi connectivity index (χ1v) is 10.1. The topological polar surface area (TPSA) is 63.6 Å². The van der Waals surface area contributed by atoms with Crippen LogP contribution in [0.2, 0.25) is 0 Å². The summed E-state index contributed by atoms with van der Waals surface area (Å²) in [6.45, 7) is 8.43. The summed E-state index contributed by atoms with van der Waals surface area (Å²) in [5.41, 5.74) is 6.85. The van der Waals surface area contributed by atoms with Gasteiger partial charge in [0.25, 0.3) is 0 Å². The van der Waals surface area contributed by atoms with Gasteiger partial charge in [0.2, 0.25) is 5.91 Å². The van der Waals surface area contributed by atoms with Crippen LogP contribution in [0.4, 0.5) is 5.69 Å². The van der Waals surface area contributed by atoms with Gasteiger partial charge in [-0.25, -0.2) is 9.50 Å². The molecule has 30 heavy (non-hydrogen) atoms. The minimum absolute atomic E-state index is 0.0470. The number of benzene rings is 1. The first-order valence-electron chi connectivity index (χ1n) is 10.1. The molecule has 3 heterocycles. The number of hydrogen-bond donors (Lipinski definition) is 0. The summed E-state index contributed by atoms with van der Waals surface area (Å²) in [6.07, 6.45) is 2.62. The monoisotopic (exact) mass is 402 g/mol. The second-order valence-electron chi connectivity index (χ2n) is 7.71. The lowest BCUT2D eigenvalue weighted by atomic mass is 10.1. The molecular formula is C24H26N4O2. The molecule has 6 nitrogen and oxygen atoms in total. The van der Waals surface area contributed by atoms with Crippen LogP contribution in [-0.2, 0) is 17.8 Å². The first kappa shape index (κ1) is 19.9. The summed E-state index contributed by atoms with van der Waals surface area (Å²) in [5.74, 6) is 0.803. The van der Waals surface area contributed by atoms with Crippen LogP contribution in [0.1, 0.15) is 40.4 Å². The molecule has 0 bridgehead atoms. The third-order valence-electron chi connectivity index (χ3n) is 5.42. The van der Waals surface area contributed by atoms with Crippen LogP contribution >= 0.6 is 0 Å². The van der Waals surface area contributed by atoms with Crippen LogP contribution in [0.5, 0.6) is 0 Å². The van der Waals surface area contributed by atoms with Crippen molar-refractivity contribution in [3.8, 4) is 0 Å². The van der Waals surface area contributed by atoms with E-state index in [9.17, 15) is 4.79 Å². The molecule has 0 radical (unpaired) electrons. The van der Waals surface area contributed by atoms with E-state index in [2.05, 4.69) is 10.1 Å². The van der Waals surface area contributed by atoms with Gasteiger partial charge in [-0.1, -0.05) is 17.7 Å². The van der Waals surface area contributed by atoms with E-state index in [0.717, 1.165) is 45.3 Å². The van der Waals surface area contributed by atoms with E-state index in [1.54, 1.807) is 11.2 Å². The zero-order valence-electron chi connectivity index (χ0n) is 17.8. The number of carbonyl (C=O) groups is 1. The van der Waals surface area contributed by atoms with Crippen molar-refractivity contribution in [3.63, 3.8) is 0 Å². The zero-order valence-corrected chi connectivity index (χ0v) is 17.8. The van der Waals surface area contributed by atoms with Crippen molar-refractivity contribution in [1.29, 1.82) is 0 Å². The van der Waals surface area contributed by atoms with Crippen molar-refractivity contribution in [2.45, 2.75) is 47.1 Å². The molecule has 6 heteroatoms. The quantitative estimate of drug-likeness (QED) is 0.468. The maximum absolute atomic E-state index is 13.3. The summed E-state index contributed by atoms with van der Waals surface area (Å²) >= 11 is 0. The molecular weight excluding hydrogens is 376 g/mol. The number of carbonyl (C=O) groups excluding carboxylic acids is 1. The maximum atomic E-state index is 13.3. The predicted octanol–water partition coefficient (Wildman–Crippen LogP) is 4.72. The average Bonchev–Trinajstić information content (AvgIpc) is 3.35. The molecule has 3 aromatic heterocycles. The van der Waals surface area contributed by atoms with Crippen molar-refractivity contribution < 1.29 is 9.21 Å². The van der Waals surface area contributed by atoms with Crippen LogP contribution in [0.15, 0.2) is 53.1 Å². The number of nitrogens with zero attached hydrogens (tertiary/aromatic N) is 4. The van der Waals surface area contributed by atoms with Gasteiger partial charge in [-0.15, -0.1) is 0 Å². The number of amides is 1. The van der Waals surface area contributed by atoms with Crippen LogP contribution in [-0.4, -0.2) is 20.5 Å². The summed E-state index contributed by atoms with van der Waals surface area (Å²) in [7, 11) is 0. The van der Waals surface area contributed by atoms with Crippen LogP contribution in [0.3, 0.4) is 0 Å². The Hall–Kier alpha value is -3.41. The van der Waals surface area contributed by atoms with Gasteiger partial charge in [0.05, 0.1) is 18.5 Å². The Morgan fingerprint density at radius 2 is 1.87 bits per heavy atom. The van der Waals surface area contributed by atoms with Crippen LogP contribution < -0.4 is 4.90 Å². The minimum atomic E-state index is 0.0470. The Kier molecular flexibility index (Phi) is 5.40. The summed E-state index contributed by atoms with van der Waals surface area (Å²) < 4.78 is 7.36. The molecule has 1 aromatic carbocycles. The molecule has 4 rings (SSSR count). The van der Waals surface area contributed by atoms with Crippen molar-refractivity contribution >= 4 is 17.2 Å². The smallest absolute Gasteiger partial charge is 0.227 e. The van der Waals surface area contributed by atoms with Crippen LogP contribution in [0.25, 0.3) is 5.65 Å². The highest BCUT2D eigenvalue weighted by Gasteiger charge is 2.19. The molecule has 0 aliphatic carbocycles. The fraction of sp³-hybridized carbons (Fsp3) is 0.292. The molecule has 0 spiro atoms. The van der Waals surface area contributed by atoms with E-state index in [1.807, 2.05) is 74.7 Å². The predicted molar refractivity (Wildman–Crippen MR) is 117 cm³/mol. The van der Waals surface area contributed by atoms with Gasteiger partial charge in [0.1, 0.15) is 5.76 Å². The Labute approximate surface area is 176 Å². The highest BCUT2D eigenvalue weighted by molar-refractivity contribution is 5.93. The molecule has 0 unspecified atom stereocenters. The fourth-order valence-corrected chi connectivity index (χ4v) is 3.78. The third-order valence-corrected chi connectivity index (χ3v) is 5.42. The summed E-state index contributed by atoms with van der Waals surface area (Å²) in [5, 5.41) is 4.53. The summed E-state index contributed by atoms with van der Waals surface area (Å²) in [4.78, 5) is 19.7. The van der Waals surface area contributed by atoms with Gasteiger partial charge in [0.15, 0.2) is 5.65 Å². The number of aryl methyl sites for hydroxylation is 4. The first-order chi connectivity index (χ1) is 14.4. The lowest BCUT2D eigenvalue weighted by molar-refractivity contribution is -0.118. The van der Waals surface area contributed by atoms with E-state index in [4.69, 9.17) is 4.42 Å². The molecule has 0 aliphatic heterocycles. The Balaban J connectivity index is 1.58. The van der Waals surface area contributed by atoms with Crippen molar-refractivity contribution in [2.75, 3.05) is 4.90 Å². The standard InChI is InChI=1S/C24H26N4O2/c1-16-7-9-20(10-8-16)27(15-21-6-5-13-30-21)24(29)12-11-22-18(3)25-23-14-17(2)26-28(23)19(22)4/h5-10,13-14H,11-12,15H2,1-4H3. The van der Waals surface area contributed by atoms with Gasteiger partial charge in [-0.2, -0.15) is 5.10 Å². The lowest BCUT2D eigenvalue weighted by Crippen LogP contribution is -2.30. The van der Waals surface area contributed by atoms with E-state index < -0.39 is 0 Å². The van der Waals surface area contributed by atoms with E-state index >= 15 is 0 Å². The molecule has 0 saturated carbocycles. The van der Waals surface area contributed by atoms with E-state index in [-0.39, 0.29) is 5.91 Å². The molecule has 0 fully saturated rings. The molecule has 0 saturated heterocycles. The number of rotatable bonds is 6. The second kappa shape index (κ2) is 8.14. The molecule has 0 aliphatic rings. The second-order valence-corrected chi connectivity index (χ2v) is 7.71. The van der Waals surface area contributed by atoms with Gasteiger partial charge in [-0.3, -0.25) is 4.79 Å².